The summed E-state index contributed by atoms with van der Waals surface area (Å²) in [6, 6.07) is 15.4. The van der Waals surface area contributed by atoms with Gasteiger partial charge in [0.25, 0.3) is 5.91 Å². The molecule has 3 aromatic carbocycles. The van der Waals surface area contributed by atoms with Crippen molar-refractivity contribution in [3.05, 3.63) is 93.4 Å². The number of likely N-dealkylation sites (N-methyl/N-ethyl adjacent to an activating group) is 1. The smallest absolute Gasteiger partial charge is 0.335 e. The summed E-state index contributed by atoms with van der Waals surface area (Å²) in [4.78, 5) is 30.4. The Morgan fingerprint density at radius 2 is 1.78 bits per heavy atom. The third-order valence-corrected chi connectivity index (χ3v) is 8.30. The molecule has 0 unspecified atom stereocenters. The van der Waals surface area contributed by atoms with E-state index in [0.717, 1.165) is 24.0 Å². The minimum absolute atomic E-state index is 0.163. The lowest BCUT2D eigenvalue weighted by Gasteiger charge is -2.12. The van der Waals surface area contributed by atoms with E-state index in [2.05, 4.69) is 50.2 Å². The molecular weight excluding hydrogens is 749 g/mol. The Kier molecular flexibility index (Phi) is 8.87. The number of amides is 1. The molecule has 0 aromatic heterocycles. The van der Waals surface area contributed by atoms with E-state index in [9.17, 15) is 9.59 Å². The molecule has 0 aliphatic carbocycles. The molecule has 4 rings (SSSR count). The highest BCUT2D eigenvalue weighted by atomic mass is 127. The molecule has 0 saturated carbocycles. The molecular formula is C25H16Cl2I2N2O4S. The molecule has 11 heteroatoms. The van der Waals surface area contributed by atoms with Gasteiger partial charge in [-0.1, -0.05) is 29.3 Å². The van der Waals surface area contributed by atoms with Crippen molar-refractivity contribution in [2.24, 2.45) is 4.99 Å². The van der Waals surface area contributed by atoms with E-state index in [4.69, 9.17) is 33.0 Å². The van der Waals surface area contributed by atoms with E-state index in [1.807, 2.05) is 24.3 Å². The van der Waals surface area contributed by atoms with Crippen LogP contribution in [0.5, 0.6) is 5.75 Å². The van der Waals surface area contributed by atoms with E-state index in [0.29, 0.717) is 32.4 Å². The summed E-state index contributed by atoms with van der Waals surface area (Å²) in [6.07, 6.45) is 1.82. The quantitative estimate of drug-likeness (QED) is 0.206. The molecule has 1 heterocycles. The molecule has 0 atom stereocenters. The maximum absolute atomic E-state index is 12.8. The van der Waals surface area contributed by atoms with E-state index in [1.165, 1.54) is 28.8 Å². The number of thioether (sulfide) groups is 1. The van der Waals surface area contributed by atoms with E-state index >= 15 is 0 Å². The highest BCUT2D eigenvalue weighted by Gasteiger charge is 2.30. The molecule has 1 aliphatic rings. The highest BCUT2D eigenvalue weighted by Crippen LogP contribution is 2.36. The molecule has 1 amide bonds. The van der Waals surface area contributed by atoms with Gasteiger partial charge < -0.3 is 9.84 Å². The van der Waals surface area contributed by atoms with Crippen molar-refractivity contribution in [3.63, 3.8) is 0 Å². The largest absolute Gasteiger partial charge is 0.487 e. The van der Waals surface area contributed by atoms with Gasteiger partial charge in [0.15, 0.2) is 5.17 Å². The fraction of sp³-hybridized carbons (Fsp3) is 0.0800. The number of halogens is 4. The molecule has 0 bridgehead atoms. The number of carboxylic acids is 1. The van der Waals surface area contributed by atoms with Crippen LogP contribution in [0, 0.1) is 7.14 Å². The zero-order valence-corrected chi connectivity index (χ0v) is 25.1. The summed E-state index contributed by atoms with van der Waals surface area (Å²) in [5.41, 5.74) is 2.43. The van der Waals surface area contributed by atoms with Gasteiger partial charge in [0.1, 0.15) is 12.4 Å². The van der Waals surface area contributed by atoms with Crippen molar-refractivity contribution in [1.82, 2.24) is 4.90 Å². The summed E-state index contributed by atoms with van der Waals surface area (Å²) < 4.78 is 7.84. The van der Waals surface area contributed by atoms with Gasteiger partial charge in [-0.25, -0.2) is 9.79 Å². The number of nitrogens with zero attached hydrogens (tertiary/aromatic N) is 2. The summed E-state index contributed by atoms with van der Waals surface area (Å²) in [7, 11) is 1.66. The summed E-state index contributed by atoms with van der Waals surface area (Å²) in [5, 5.41) is 10.7. The number of aromatic carboxylic acids is 1. The monoisotopic (exact) mass is 764 g/mol. The summed E-state index contributed by atoms with van der Waals surface area (Å²) in [6.45, 7) is 0.300. The Morgan fingerprint density at radius 1 is 1.11 bits per heavy atom. The summed E-state index contributed by atoms with van der Waals surface area (Å²) >= 11 is 17.9. The number of benzene rings is 3. The second-order valence-corrected chi connectivity index (χ2v) is 11.7. The van der Waals surface area contributed by atoms with Crippen LogP contribution in [0.3, 0.4) is 0 Å². The van der Waals surface area contributed by atoms with Crippen molar-refractivity contribution in [2.45, 2.75) is 6.61 Å². The first kappa shape index (κ1) is 27.2. The van der Waals surface area contributed by atoms with Gasteiger partial charge in [0.05, 0.1) is 23.3 Å². The Balaban J connectivity index is 1.52. The zero-order valence-electron chi connectivity index (χ0n) is 18.5. The molecule has 1 aliphatic heterocycles. The lowest BCUT2D eigenvalue weighted by molar-refractivity contribution is -0.121. The second-order valence-electron chi connectivity index (χ2n) is 7.56. The lowest BCUT2D eigenvalue weighted by atomic mass is 10.2. The molecule has 3 aromatic rings. The zero-order chi connectivity index (χ0) is 26.0. The Hall–Kier alpha value is -1.80. The molecule has 36 heavy (non-hydrogen) atoms. The van der Waals surface area contributed by atoms with Crippen LogP contribution in [0.4, 0.5) is 5.69 Å². The van der Waals surface area contributed by atoms with Gasteiger partial charge >= 0.3 is 5.97 Å². The minimum atomic E-state index is -1.00. The van der Waals surface area contributed by atoms with Crippen LogP contribution < -0.4 is 4.74 Å². The molecule has 1 fully saturated rings. The molecule has 184 valence electrons. The van der Waals surface area contributed by atoms with Crippen molar-refractivity contribution in [3.8, 4) is 5.75 Å². The van der Waals surface area contributed by atoms with Crippen LogP contribution in [0.1, 0.15) is 21.5 Å². The normalized spacial score (nSPS) is 15.7. The molecule has 0 radical (unpaired) electrons. The van der Waals surface area contributed by atoms with E-state index < -0.39 is 5.97 Å². The van der Waals surface area contributed by atoms with Crippen molar-refractivity contribution < 1.29 is 19.4 Å². The Labute approximate surface area is 249 Å². The van der Waals surface area contributed by atoms with Crippen molar-refractivity contribution >= 4 is 109 Å². The Bertz CT molecular complexity index is 1410. The average Bonchev–Trinajstić information content (AvgIpc) is 3.07. The third kappa shape index (κ3) is 6.36. The number of ether oxygens (including phenoxy) is 1. The predicted molar refractivity (Wildman–Crippen MR) is 162 cm³/mol. The van der Waals surface area contributed by atoms with Gasteiger partial charge in [-0.15, -0.1) is 0 Å². The minimum Gasteiger partial charge on any atom is -0.487 e. The number of hydrogen-bond donors (Lipinski definition) is 1. The van der Waals surface area contributed by atoms with Gasteiger partial charge in [-0.3, -0.25) is 9.69 Å². The Morgan fingerprint density at radius 3 is 2.39 bits per heavy atom. The van der Waals surface area contributed by atoms with Crippen LogP contribution in [0.2, 0.25) is 10.0 Å². The number of carbonyl (C=O) groups excluding carboxylic acids is 1. The first-order chi connectivity index (χ1) is 17.1. The van der Waals surface area contributed by atoms with Gasteiger partial charge in [-0.05, 0) is 117 Å². The number of carbonyl (C=O) groups is 2. The molecule has 1 saturated heterocycles. The average molecular weight is 765 g/mol. The standard InChI is InChI=1S/C25H16Cl2I2N2O4S/c1-31-23(32)21(36-25(31)30-17-6-3-14(4-7-17)24(33)34)10-13-8-19(28)22(20(29)9-13)35-12-15-2-5-16(26)11-18(15)27/h2-11H,12H2,1H3,(H,33,34)/b21-10-,30-25?. The fourth-order valence-corrected chi connectivity index (χ4v) is 6.76. The lowest BCUT2D eigenvalue weighted by Crippen LogP contribution is -2.23. The number of aliphatic imine (C=N–C) groups is 1. The first-order valence-electron chi connectivity index (χ1n) is 10.3. The number of carboxylic acid groups (broad SMARTS) is 1. The fourth-order valence-electron chi connectivity index (χ4n) is 3.18. The number of hydrogen-bond acceptors (Lipinski definition) is 5. The molecule has 6 nitrogen and oxygen atoms in total. The SMILES string of the molecule is CN1C(=O)/C(=C/c2cc(I)c(OCc3ccc(Cl)cc3Cl)c(I)c2)SC1=Nc1ccc(C(=O)O)cc1. The van der Waals surface area contributed by atoms with E-state index in [-0.39, 0.29) is 11.5 Å². The highest BCUT2D eigenvalue weighted by molar-refractivity contribution is 14.1. The number of amidine groups is 1. The molecule has 0 spiro atoms. The van der Waals surface area contributed by atoms with Crippen LogP contribution in [-0.4, -0.2) is 34.1 Å². The number of rotatable bonds is 6. The van der Waals surface area contributed by atoms with Crippen molar-refractivity contribution in [1.29, 1.82) is 0 Å². The van der Waals surface area contributed by atoms with E-state index in [1.54, 1.807) is 31.3 Å². The summed E-state index contributed by atoms with van der Waals surface area (Å²) in [5.74, 6) is -0.431. The topological polar surface area (TPSA) is 79.2 Å². The second kappa shape index (κ2) is 11.7. The van der Waals surface area contributed by atoms with Crippen LogP contribution in [0.25, 0.3) is 6.08 Å². The predicted octanol–water partition coefficient (Wildman–Crippen LogP) is 7.71. The van der Waals surface area contributed by atoms with Crippen LogP contribution >= 0.6 is 80.1 Å². The van der Waals surface area contributed by atoms with Crippen LogP contribution in [-0.2, 0) is 11.4 Å². The van der Waals surface area contributed by atoms with Crippen molar-refractivity contribution in [2.75, 3.05) is 7.05 Å². The first-order valence-corrected chi connectivity index (χ1v) is 14.0. The van der Waals surface area contributed by atoms with Crippen LogP contribution in [0.15, 0.2) is 64.5 Å². The van der Waals surface area contributed by atoms with Gasteiger partial charge in [0, 0.05) is 22.7 Å². The van der Waals surface area contributed by atoms with Gasteiger partial charge in [-0.2, -0.15) is 0 Å². The third-order valence-electron chi connectivity index (χ3n) is 5.05. The van der Waals surface area contributed by atoms with Gasteiger partial charge in [0.2, 0.25) is 0 Å². The maximum Gasteiger partial charge on any atom is 0.335 e. The maximum atomic E-state index is 12.8. The molecule has 1 N–H and O–H groups in total.